The van der Waals surface area contributed by atoms with Gasteiger partial charge in [-0.25, -0.2) is 9.78 Å². The van der Waals surface area contributed by atoms with E-state index in [0.717, 1.165) is 0 Å². The summed E-state index contributed by atoms with van der Waals surface area (Å²) in [5.41, 5.74) is 0.179. The Labute approximate surface area is 130 Å². The van der Waals surface area contributed by atoms with E-state index in [-0.39, 0.29) is 29.5 Å². The van der Waals surface area contributed by atoms with Gasteiger partial charge in [-0.1, -0.05) is 32.1 Å². The zero-order valence-electron chi connectivity index (χ0n) is 13.8. The Morgan fingerprint density at radius 3 is 2.38 bits per heavy atom. The number of thiazole rings is 1. The van der Waals surface area contributed by atoms with Crippen LogP contribution in [0.4, 0.5) is 5.13 Å². The van der Waals surface area contributed by atoms with Crippen molar-refractivity contribution in [2.24, 2.45) is 5.41 Å². The number of aromatic nitrogens is 1. The largest absolute Gasteiger partial charge is 0.461 e. The number of esters is 1. The van der Waals surface area contributed by atoms with Gasteiger partial charge in [-0.2, -0.15) is 0 Å². The van der Waals surface area contributed by atoms with Crippen LogP contribution in [-0.2, 0) is 4.74 Å². The van der Waals surface area contributed by atoms with Crippen molar-refractivity contribution in [3.63, 3.8) is 0 Å². The number of nitrogens with zero attached hydrogens (tertiary/aromatic N) is 2. The number of hydrogen-bond acceptors (Lipinski definition) is 6. The first-order valence-corrected chi connectivity index (χ1v) is 7.83. The Hall–Kier alpha value is -1.43. The fourth-order valence-electron chi connectivity index (χ4n) is 1.78. The molecule has 1 aromatic heterocycles. The summed E-state index contributed by atoms with van der Waals surface area (Å²) < 4.78 is 4.97. The van der Waals surface area contributed by atoms with Crippen LogP contribution in [0.2, 0.25) is 0 Å². The van der Waals surface area contributed by atoms with Gasteiger partial charge in [0.1, 0.15) is 4.88 Å². The molecule has 0 radical (unpaired) electrons. The Morgan fingerprint density at radius 2 is 1.95 bits per heavy atom. The van der Waals surface area contributed by atoms with Gasteiger partial charge in [0.2, 0.25) is 0 Å². The van der Waals surface area contributed by atoms with E-state index < -0.39 is 5.97 Å². The third-order valence-electron chi connectivity index (χ3n) is 3.54. The van der Waals surface area contributed by atoms with E-state index in [2.05, 4.69) is 32.7 Å². The highest BCUT2D eigenvalue weighted by Crippen LogP contribution is 2.32. The van der Waals surface area contributed by atoms with Crippen LogP contribution in [0.15, 0.2) is 0 Å². The molecule has 0 aliphatic heterocycles. The summed E-state index contributed by atoms with van der Waals surface area (Å²) in [5, 5.41) is 0.658. The van der Waals surface area contributed by atoms with Crippen molar-refractivity contribution in [2.45, 2.75) is 47.6 Å². The second-order valence-corrected chi connectivity index (χ2v) is 7.08. The van der Waals surface area contributed by atoms with Crippen molar-refractivity contribution in [2.75, 3.05) is 18.6 Å². The Balaban J connectivity index is 3.19. The standard InChI is InChI=1S/C15H24N2O3S/c1-8-20-13(19)11-12(9(2)18)21-14(16-11)17(7)10(3)15(4,5)6/h10H,8H2,1-7H3. The lowest BCUT2D eigenvalue weighted by molar-refractivity contribution is 0.0517. The number of ketones is 1. The molecule has 0 aromatic carbocycles. The van der Waals surface area contributed by atoms with Gasteiger partial charge in [0.25, 0.3) is 0 Å². The molecule has 0 bridgehead atoms. The number of hydrogen-bond donors (Lipinski definition) is 0. The number of carbonyl (C=O) groups excluding carboxylic acids is 2. The van der Waals surface area contributed by atoms with Crippen LogP contribution in [-0.4, -0.2) is 36.4 Å². The molecule has 1 unspecified atom stereocenters. The van der Waals surface area contributed by atoms with Gasteiger partial charge in [0, 0.05) is 20.0 Å². The number of Topliss-reactive ketones (excluding diaryl/α,β-unsaturated/α-hetero) is 1. The molecule has 21 heavy (non-hydrogen) atoms. The molecule has 0 saturated carbocycles. The highest BCUT2D eigenvalue weighted by Gasteiger charge is 2.29. The third-order valence-corrected chi connectivity index (χ3v) is 4.79. The molecule has 118 valence electrons. The van der Waals surface area contributed by atoms with E-state index in [4.69, 9.17) is 4.74 Å². The van der Waals surface area contributed by atoms with Crippen LogP contribution in [0.25, 0.3) is 0 Å². The molecule has 0 saturated heterocycles. The van der Waals surface area contributed by atoms with Crippen LogP contribution in [0, 0.1) is 5.41 Å². The van der Waals surface area contributed by atoms with Crippen molar-refractivity contribution < 1.29 is 14.3 Å². The predicted octanol–water partition coefficient (Wildman–Crippen LogP) is 3.39. The second-order valence-electron chi connectivity index (χ2n) is 6.10. The molecule has 1 aromatic rings. The lowest BCUT2D eigenvalue weighted by atomic mass is 9.87. The lowest BCUT2D eigenvalue weighted by Gasteiger charge is -2.35. The van der Waals surface area contributed by atoms with Crippen LogP contribution in [0.1, 0.15) is 61.7 Å². The van der Waals surface area contributed by atoms with E-state index in [1.54, 1.807) is 6.92 Å². The minimum absolute atomic E-state index is 0.0564. The first-order chi connectivity index (χ1) is 9.59. The number of ether oxygens (including phenoxy) is 1. The summed E-state index contributed by atoms with van der Waals surface area (Å²) in [4.78, 5) is 30.3. The summed E-state index contributed by atoms with van der Waals surface area (Å²) in [6.45, 7) is 11.9. The molecule has 0 fully saturated rings. The quantitative estimate of drug-likeness (QED) is 0.616. The number of rotatable bonds is 5. The first-order valence-electron chi connectivity index (χ1n) is 7.01. The van der Waals surface area contributed by atoms with E-state index >= 15 is 0 Å². The summed E-state index contributed by atoms with van der Waals surface area (Å²) in [6.07, 6.45) is 0. The summed E-state index contributed by atoms with van der Waals surface area (Å²) >= 11 is 1.24. The van der Waals surface area contributed by atoms with Crippen molar-refractivity contribution >= 4 is 28.2 Å². The van der Waals surface area contributed by atoms with Crippen LogP contribution in [0.3, 0.4) is 0 Å². The monoisotopic (exact) mass is 312 g/mol. The second kappa shape index (κ2) is 6.56. The zero-order valence-corrected chi connectivity index (χ0v) is 14.6. The smallest absolute Gasteiger partial charge is 0.358 e. The average molecular weight is 312 g/mol. The van der Waals surface area contributed by atoms with Crippen molar-refractivity contribution in [3.05, 3.63) is 10.6 Å². The molecule has 0 aliphatic rings. The molecular formula is C15H24N2O3S. The van der Waals surface area contributed by atoms with Gasteiger partial charge in [-0.3, -0.25) is 4.79 Å². The third kappa shape index (κ3) is 4.03. The van der Waals surface area contributed by atoms with Gasteiger partial charge < -0.3 is 9.64 Å². The van der Waals surface area contributed by atoms with Crippen LogP contribution < -0.4 is 4.90 Å². The number of anilines is 1. The number of carbonyl (C=O) groups is 2. The van der Waals surface area contributed by atoms with Crippen LogP contribution in [0.5, 0.6) is 0 Å². The summed E-state index contributed by atoms with van der Waals surface area (Å²) in [5.74, 6) is -0.708. The minimum Gasteiger partial charge on any atom is -0.461 e. The highest BCUT2D eigenvalue weighted by molar-refractivity contribution is 7.17. The molecule has 0 aliphatic carbocycles. The zero-order chi connectivity index (χ0) is 16.4. The maximum Gasteiger partial charge on any atom is 0.358 e. The van der Waals surface area contributed by atoms with Crippen molar-refractivity contribution in [3.8, 4) is 0 Å². The maximum absolute atomic E-state index is 11.9. The molecule has 1 atom stereocenters. The van der Waals surface area contributed by atoms with Gasteiger partial charge in [0.05, 0.1) is 6.61 Å². The van der Waals surface area contributed by atoms with E-state index in [9.17, 15) is 9.59 Å². The Kier molecular flexibility index (Phi) is 5.50. The molecule has 1 rings (SSSR count). The van der Waals surface area contributed by atoms with E-state index in [1.807, 2.05) is 11.9 Å². The molecule has 5 nitrogen and oxygen atoms in total. The van der Waals surface area contributed by atoms with Gasteiger partial charge in [-0.05, 0) is 19.3 Å². The molecule has 0 spiro atoms. The average Bonchev–Trinajstić information content (AvgIpc) is 2.81. The normalized spacial score (nSPS) is 12.9. The van der Waals surface area contributed by atoms with E-state index in [1.165, 1.54) is 18.3 Å². The van der Waals surface area contributed by atoms with Crippen molar-refractivity contribution in [1.29, 1.82) is 0 Å². The fourth-order valence-corrected chi connectivity index (χ4v) is 2.77. The van der Waals surface area contributed by atoms with Gasteiger partial charge >= 0.3 is 5.97 Å². The maximum atomic E-state index is 11.9. The molecular weight excluding hydrogens is 288 g/mol. The fraction of sp³-hybridized carbons (Fsp3) is 0.667. The first kappa shape index (κ1) is 17.6. The van der Waals surface area contributed by atoms with Crippen molar-refractivity contribution in [1.82, 2.24) is 4.98 Å². The molecule has 0 amide bonds. The Bertz CT molecular complexity index is 532. The lowest BCUT2D eigenvalue weighted by Crippen LogP contribution is -2.39. The van der Waals surface area contributed by atoms with Crippen LogP contribution >= 0.6 is 11.3 Å². The summed E-state index contributed by atoms with van der Waals surface area (Å²) in [6, 6.07) is 0.207. The minimum atomic E-state index is -0.540. The molecule has 1 heterocycles. The van der Waals surface area contributed by atoms with E-state index in [0.29, 0.717) is 10.0 Å². The summed E-state index contributed by atoms with van der Waals surface area (Å²) in [7, 11) is 1.92. The topological polar surface area (TPSA) is 59.5 Å². The predicted molar refractivity (Wildman–Crippen MR) is 85.4 cm³/mol. The van der Waals surface area contributed by atoms with Gasteiger partial charge in [-0.15, -0.1) is 0 Å². The Morgan fingerprint density at radius 1 is 1.38 bits per heavy atom. The van der Waals surface area contributed by atoms with Gasteiger partial charge in [0.15, 0.2) is 16.6 Å². The SMILES string of the molecule is CCOC(=O)c1nc(N(C)C(C)C(C)(C)C)sc1C(C)=O. The molecule has 0 N–H and O–H groups in total. The highest BCUT2D eigenvalue weighted by atomic mass is 32.1. The molecule has 6 heteroatoms.